The van der Waals surface area contributed by atoms with Crippen molar-refractivity contribution in [3.8, 4) is 11.8 Å². The van der Waals surface area contributed by atoms with Crippen molar-refractivity contribution in [2.45, 2.75) is 19.5 Å². The summed E-state index contributed by atoms with van der Waals surface area (Å²) in [6, 6.07) is 8.10. The van der Waals surface area contributed by atoms with Crippen molar-refractivity contribution in [1.82, 2.24) is 9.80 Å². The predicted molar refractivity (Wildman–Crippen MR) is 90.8 cm³/mol. The molecule has 1 saturated heterocycles. The van der Waals surface area contributed by atoms with Crippen LogP contribution < -0.4 is 4.74 Å². The third kappa shape index (κ3) is 6.94. The van der Waals surface area contributed by atoms with E-state index in [0.29, 0.717) is 31.9 Å². The highest BCUT2D eigenvalue weighted by molar-refractivity contribution is 5.78. The molecule has 0 radical (unpaired) electrons. The maximum Gasteiger partial charge on any atom is 0.387 e. The first-order valence-corrected chi connectivity index (χ1v) is 8.57. The Kier molecular flexibility index (Phi) is 8.25. The number of halogens is 2. The molecule has 0 atom stereocenters. The van der Waals surface area contributed by atoms with E-state index in [2.05, 4.69) is 15.7 Å². The molecular formula is C18H23F2N3O3. The molecule has 8 heteroatoms. The van der Waals surface area contributed by atoms with Crippen molar-refractivity contribution < 1.29 is 23.0 Å². The van der Waals surface area contributed by atoms with Gasteiger partial charge in [-0.05, 0) is 17.7 Å². The average Bonchev–Trinajstić information content (AvgIpc) is 2.64. The summed E-state index contributed by atoms with van der Waals surface area (Å²) in [6.07, 6.45) is 0.430. The third-order valence-corrected chi connectivity index (χ3v) is 4.14. The molecule has 2 rings (SSSR count). The van der Waals surface area contributed by atoms with Gasteiger partial charge in [0, 0.05) is 32.7 Å². The Morgan fingerprint density at radius 2 is 1.96 bits per heavy atom. The number of carbonyl (C=O) groups excluding carboxylic acids is 1. The molecule has 0 spiro atoms. The Balaban J connectivity index is 1.89. The number of nitriles is 1. The molecular weight excluding hydrogens is 344 g/mol. The molecule has 1 amide bonds. The van der Waals surface area contributed by atoms with E-state index in [1.165, 1.54) is 12.1 Å². The van der Waals surface area contributed by atoms with Crippen molar-refractivity contribution in [3.63, 3.8) is 0 Å². The molecule has 0 saturated carbocycles. The summed E-state index contributed by atoms with van der Waals surface area (Å²) in [7, 11) is 0. The number of rotatable bonds is 9. The maximum absolute atomic E-state index is 12.6. The van der Waals surface area contributed by atoms with Gasteiger partial charge in [0.2, 0.25) is 5.91 Å². The van der Waals surface area contributed by atoms with E-state index in [-0.39, 0.29) is 24.5 Å². The van der Waals surface area contributed by atoms with Crippen LogP contribution in [0.5, 0.6) is 5.75 Å². The summed E-state index contributed by atoms with van der Waals surface area (Å²) in [5.41, 5.74) is 0.713. The number of alkyl halides is 2. The van der Waals surface area contributed by atoms with Crippen LogP contribution in [0.4, 0.5) is 8.78 Å². The van der Waals surface area contributed by atoms with Gasteiger partial charge >= 0.3 is 6.61 Å². The van der Waals surface area contributed by atoms with Gasteiger partial charge < -0.3 is 14.4 Å². The average molecular weight is 367 g/mol. The van der Waals surface area contributed by atoms with Crippen LogP contribution in [0.1, 0.15) is 12.0 Å². The van der Waals surface area contributed by atoms with Gasteiger partial charge in [0.15, 0.2) is 0 Å². The van der Waals surface area contributed by atoms with E-state index in [9.17, 15) is 13.6 Å². The second-order valence-corrected chi connectivity index (χ2v) is 5.94. The molecule has 1 heterocycles. The molecule has 142 valence electrons. The quantitative estimate of drug-likeness (QED) is 0.667. The van der Waals surface area contributed by atoms with Crippen molar-refractivity contribution >= 4 is 5.91 Å². The normalized spacial score (nSPS) is 14.8. The van der Waals surface area contributed by atoms with Crippen LogP contribution in [-0.4, -0.2) is 68.3 Å². The zero-order valence-electron chi connectivity index (χ0n) is 14.6. The molecule has 0 aliphatic carbocycles. The number of nitrogens with zero attached hydrogens (tertiary/aromatic N) is 3. The lowest BCUT2D eigenvalue weighted by atomic mass is 10.1. The minimum atomic E-state index is -2.87. The molecule has 26 heavy (non-hydrogen) atoms. The second-order valence-electron chi connectivity index (χ2n) is 5.94. The molecule has 1 aromatic rings. The number of carbonyl (C=O) groups is 1. The minimum absolute atomic E-state index is 0.0600. The Bertz CT molecular complexity index is 599. The van der Waals surface area contributed by atoms with E-state index in [4.69, 9.17) is 10.00 Å². The van der Waals surface area contributed by atoms with Gasteiger partial charge in [-0.15, -0.1) is 0 Å². The van der Waals surface area contributed by atoms with Crippen LogP contribution in [0, 0.1) is 11.3 Å². The van der Waals surface area contributed by atoms with Gasteiger partial charge in [-0.25, -0.2) is 0 Å². The summed E-state index contributed by atoms with van der Waals surface area (Å²) in [5, 5.41) is 8.82. The lowest BCUT2D eigenvalue weighted by Gasteiger charge is -2.30. The maximum atomic E-state index is 12.6. The topological polar surface area (TPSA) is 65.8 Å². The third-order valence-electron chi connectivity index (χ3n) is 4.14. The molecule has 1 aromatic carbocycles. The Labute approximate surface area is 151 Å². The number of ether oxygens (including phenoxy) is 2. The van der Waals surface area contributed by atoms with Crippen LogP contribution in [-0.2, 0) is 16.0 Å². The van der Waals surface area contributed by atoms with Gasteiger partial charge in [0.25, 0.3) is 0 Å². The van der Waals surface area contributed by atoms with E-state index in [1.54, 1.807) is 17.0 Å². The predicted octanol–water partition coefficient (Wildman–Crippen LogP) is 1.90. The Morgan fingerprint density at radius 1 is 1.27 bits per heavy atom. The van der Waals surface area contributed by atoms with Crippen LogP contribution >= 0.6 is 0 Å². The molecule has 0 N–H and O–H groups in total. The lowest BCUT2D eigenvalue weighted by Crippen LogP contribution is -2.43. The largest absolute Gasteiger partial charge is 0.435 e. The number of hydrogen-bond donors (Lipinski definition) is 0. The SMILES string of the molecule is N#CCCN(CCN1CCOCC1)C(=O)Cc1ccc(OC(F)F)cc1. The highest BCUT2D eigenvalue weighted by atomic mass is 19.3. The standard InChI is InChI=1S/C18H23F2N3O3/c19-18(20)26-16-4-2-15(3-5-16)14-17(24)23(7-1-6-21)9-8-22-10-12-25-13-11-22/h2-5,18H,1,7-14H2. The van der Waals surface area contributed by atoms with E-state index in [0.717, 1.165) is 19.6 Å². The molecule has 1 aliphatic rings. The minimum Gasteiger partial charge on any atom is -0.435 e. The fourth-order valence-electron chi connectivity index (χ4n) is 2.71. The van der Waals surface area contributed by atoms with Crippen LogP contribution in [0.2, 0.25) is 0 Å². The molecule has 6 nitrogen and oxygen atoms in total. The lowest BCUT2D eigenvalue weighted by molar-refractivity contribution is -0.130. The first-order chi connectivity index (χ1) is 12.6. The molecule has 1 aliphatic heterocycles. The molecule has 0 unspecified atom stereocenters. The van der Waals surface area contributed by atoms with Gasteiger partial charge in [0.05, 0.1) is 32.1 Å². The summed E-state index contributed by atoms with van der Waals surface area (Å²) < 4.78 is 34.0. The summed E-state index contributed by atoms with van der Waals surface area (Å²) in [6.45, 7) is 1.86. The zero-order valence-corrected chi connectivity index (χ0v) is 14.6. The molecule has 0 aromatic heterocycles. The summed E-state index contributed by atoms with van der Waals surface area (Å²) in [5.74, 6) is -0.0270. The monoisotopic (exact) mass is 367 g/mol. The first-order valence-electron chi connectivity index (χ1n) is 8.57. The van der Waals surface area contributed by atoms with Crippen LogP contribution in [0.3, 0.4) is 0 Å². The smallest absolute Gasteiger partial charge is 0.387 e. The summed E-state index contributed by atoms with van der Waals surface area (Å²) in [4.78, 5) is 16.5. The fraction of sp³-hybridized carbons (Fsp3) is 0.556. The van der Waals surface area contributed by atoms with Crippen molar-refractivity contribution in [2.24, 2.45) is 0 Å². The van der Waals surface area contributed by atoms with Gasteiger partial charge in [-0.2, -0.15) is 14.0 Å². The highest BCUT2D eigenvalue weighted by Crippen LogP contribution is 2.15. The van der Waals surface area contributed by atoms with E-state index >= 15 is 0 Å². The Hall–Kier alpha value is -2.24. The zero-order chi connectivity index (χ0) is 18.8. The van der Waals surface area contributed by atoms with Gasteiger partial charge in [0.1, 0.15) is 5.75 Å². The molecule has 1 fully saturated rings. The highest BCUT2D eigenvalue weighted by Gasteiger charge is 2.17. The summed E-state index contributed by atoms with van der Waals surface area (Å²) >= 11 is 0. The first kappa shape index (κ1) is 20.1. The Morgan fingerprint density at radius 3 is 2.58 bits per heavy atom. The van der Waals surface area contributed by atoms with Gasteiger partial charge in [-0.3, -0.25) is 9.69 Å². The van der Waals surface area contributed by atoms with E-state index in [1.807, 2.05) is 0 Å². The van der Waals surface area contributed by atoms with Gasteiger partial charge in [-0.1, -0.05) is 12.1 Å². The van der Waals surface area contributed by atoms with E-state index < -0.39 is 6.61 Å². The second kappa shape index (κ2) is 10.7. The van der Waals surface area contributed by atoms with Crippen LogP contribution in [0.25, 0.3) is 0 Å². The van der Waals surface area contributed by atoms with Crippen molar-refractivity contribution in [1.29, 1.82) is 5.26 Å². The number of benzene rings is 1. The van der Waals surface area contributed by atoms with Crippen LogP contribution in [0.15, 0.2) is 24.3 Å². The van der Waals surface area contributed by atoms with Crippen molar-refractivity contribution in [2.75, 3.05) is 45.9 Å². The molecule has 0 bridgehead atoms. The fourth-order valence-corrected chi connectivity index (χ4v) is 2.71. The number of amides is 1. The number of hydrogen-bond acceptors (Lipinski definition) is 5. The van der Waals surface area contributed by atoms with Crippen molar-refractivity contribution in [3.05, 3.63) is 29.8 Å². The number of morpholine rings is 1.